The monoisotopic (exact) mass is 545 g/mol. The highest BCUT2D eigenvalue weighted by molar-refractivity contribution is 6.36. The van der Waals surface area contributed by atoms with E-state index in [0.717, 1.165) is 52.8 Å². The van der Waals surface area contributed by atoms with Gasteiger partial charge in [0.2, 0.25) is 0 Å². The number of hydrogen-bond acceptors (Lipinski definition) is 6. The molecule has 1 fully saturated rings. The van der Waals surface area contributed by atoms with E-state index in [0.29, 0.717) is 22.1 Å². The summed E-state index contributed by atoms with van der Waals surface area (Å²) >= 11 is 6.85. The second kappa shape index (κ2) is 10.7. The van der Waals surface area contributed by atoms with E-state index in [1.807, 2.05) is 59.4 Å². The van der Waals surface area contributed by atoms with Crippen molar-refractivity contribution in [3.05, 3.63) is 113 Å². The van der Waals surface area contributed by atoms with Gasteiger partial charge in [-0.1, -0.05) is 84.4 Å². The van der Waals surface area contributed by atoms with Gasteiger partial charge in [-0.3, -0.25) is 4.98 Å². The van der Waals surface area contributed by atoms with Gasteiger partial charge in [0, 0.05) is 17.3 Å². The highest BCUT2D eigenvalue weighted by Gasteiger charge is 2.34. The first-order chi connectivity index (χ1) is 19.5. The Kier molecular flexibility index (Phi) is 6.91. The van der Waals surface area contributed by atoms with Gasteiger partial charge in [-0.15, -0.1) is 5.10 Å². The summed E-state index contributed by atoms with van der Waals surface area (Å²) in [4.78, 5) is 4.55. The second-order valence-corrected chi connectivity index (χ2v) is 10.9. The standard InChI is InChI=1S/C31H29BClN7/c1-2-27(20-9-5-3-6-10-20)36-29-21(17-34)18-35-30-25(29)15-23(16-26(30)33)37-31(32,22-11-7-4-8-12-22)28-19-40(39-38-28)24-13-14-24/h3-12,15-16,18-19,24,27,37H,2,13-14,32H2,1H3,(H,35,36)/t27-,31?/m1/s1. The summed E-state index contributed by atoms with van der Waals surface area (Å²) in [6.45, 7) is 2.13. The first kappa shape index (κ1) is 25.9. The fourth-order valence-corrected chi connectivity index (χ4v) is 5.49. The number of nitrogens with one attached hydrogen (secondary N) is 2. The van der Waals surface area contributed by atoms with Crippen LogP contribution in [0.25, 0.3) is 10.9 Å². The van der Waals surface area contributed by atoms with Gasteiger partial charge in [-0.25, -0.2) is 4.68 Å². The largest absolute Gasteiger partial charge is 0.378 e. The molecule has 2 N–H and O–H groups in total. The number of benzene rings is 3. The van der Waals surface area contributed by atoms with Crippen LogP contribution in [0.1, 0.15) is 60.7 Å². The second-order valence-electron chi connectivity index (χ2n) is 10.5. The third kappa shape index (κ3) is 4.89. The molecule has 0 spiro atoms. The predicted molar refractivity (Wildman–Crippen MR) is 162 cm³/mol. The number of anilines is 2. The highest BCUT2D eigenvalue weighted by Crippen LogP contribution is 2.39. The van der Waals surface area contributed by atoms with Crippen LogP contribution in [0, 0.1) is 11.3 Å². The van der Waals surface area contributed by atoms with Gasteiger partial charge in [-0.05, 0) is 42.5 Å². The summed E-state index contributed by atoms with van der Waals surface area (Å²) in [6, 6.07) is 27.1. The normalized spacial score (nSPS) is 15.2. The molecule has 6 rings (SSSR count). The minimum atomic E-state index is -0.685. The summed E-state index contributed by atoms with van der Waals surface area (Å²) < 4.78 is 1.96. The third-order valence-corrected chi connectivity index (χ3v) is 7.95. The van der Waals surface area contributed by atoms with Crippen LogP contribution >= 0.6 is 11.6 Å². The van der Waals surface area contributed by atoms with Gasteiger partial charge < -0.3 is 10.6 Å². The molecule has 0 saturated heterocycles. The van der Waals surface area contributed by atoms with Gasteiger partial charge in [0.1, 0.15) is 19.6 Å². The molecule has 1 aliphatic rings. The van der Waals surface area contributed by atoms with Crippen LogP contribution in [-0.2, 0) is 5.44 Å². The summed E-state index contributed by atoms with van der Waals surface area (Å²) in [7, 11) is 2.10. The Morgan fingerprint density at radius 2 is 1.85 bits per heavy atom. The number of hydrogen-bond donors (Lipinski definition) is 2. The van der Waals surface area contributed by atoms with Crippen LogP contribution in [0.15, 0.2) is 85.2 Å². The van der Waals surface area contributed by atoms with Crippen molar-refractivity contribution in [2.45, 2.75) is 43.7 Å². The topological polar surface area (TPSA) is 91.5 Å². The molecular formula is C31H29BClN7. The number of nitrogens with zero attached hydrogens (tertiary/aromatic N) is 5. The molecule has 1 saturated carbocycles. The Bertz CT molecular complexity index is 1700. The molecule has 3 aromatic carbocycles. The fraction of sp³-hybridized carbons (Fsp3) is 0.226. The van der Waals surface area contributed by atoms with Crippen molar-refractivity contribution in [2.75, 3.05) is 10.6 Å². The molecule has 0 radical (unpaired) electrons. The molecule has 9 heteroatoms. The number of rotatable bonds is 9. The lowest BCUT2D eigenvalue weighted by molar-refractivity contribution is 0.610. The molecule has 0 bridgehead atoms. The van der Waals surface area contributed by atoms with E-state index in [-0.39, 0.29) is 6.04 Å². The number of nitriles is 1. The van der Waals surface area contributed by atoms with Crippen molar-refractivity contribution in [1.29, 1.82) is 5.26 Å². The average Bonchev–Trinajstić information content (AvgIpc) is 3.72. The van der Waals surface area contributed by atoms with E-state index >= 15 is 0 Å². The van der Waals surface area contributed by atoms with Crippen LogP contribution in [0.4, 0.5) is 11.4 Å². The molecule has 2 atom stereocenters. The molecular weight excluding hydrogens is 517 g/mol. The third-order valence-electron chi connectivity index (χ3n) is 7.66. The minimum Gasteiger partial charge on any atom is -0.378 e. The maximum atomic E-state index is 10.0. The minimum absolute atomic E-state index is 0.0151. The van der Waals surface area contributed by atoms with Crippen LogP contribution in [0.2, 0.25) is 5.02 Å². The average molecular weight is 546 g/mol. The molecule has 0 aliphatic heterocycles. The molecule has 7 nitrogen and oxygen atoms in total. The Hall–Kier alpha value is -4.35. The maximum absolute atomic E-state index is 10.0. The van der Waals surface area contributed by atoms with Crippen LogP contribution in [-0.4, -0.2) is 27.8 Å². The molecule has 2 heterocycles. The summed E-state index contributed by atoms with van der Waals surface area (Å²) in [5.74, 6) is 0. The first-order valence-corrected chi connectivity index (χ1v) is 14.0. The van der Waals surface area contributed by atoms with Crippen LogP contribution in [0.3, 0.4) is 0 Å². The molecule has 1 unspecified atom stereocenters. The molecule has 40 heavy (non-hydrogen) atoms. The zero-order valence-corrected chi connectivity index (χ0v) is 23.2. The zero-order valence-electron chi connectivity index (χ0n) is 22.5. The summed E-state index contributed by atoms with van der Waals surface area (Å²) in [5.41, 5.74) is 4.94. The van der Waals surface area contributed by atoms with Gasteiger partial charge in [0.05, 0.1) is 45.5 Å². The van der Waals surface area contributed by atoms with E-state index in [4.69, 9.17) is 11.6 Å². The van der Waals surface area contributed by atoms with Crippen molar-refractivity contribution in [3.63, 3.8) is 0 Å². The SMILES string of the molecule is BC(Nc1cc(Cl)c2ncc(C#N)c(N[C@H](CC)c3ccccc3)c2c1)(c1ccccc1)c1cn(C2CC2)nn1. The Labute approximate surface area is 239 Å². The van der Waals surface area contributed by atoms with Crippen LogP contribution in [0.5, 0.6) is 0 Å². The lowest BCUT2D eigenvalue weighted by Gasteiger charge is -2.31. The van der Waals surface area contributed by atoms with E-state index < -0.39 is 5.44 Å². The number of pyridine rings is 1. The van der Waals surface area contributed by atoms with E-state index in [1.54, 1.807) is 6.20 Å². The lowest BCUT2D eigenvalue weighted by Crippen LogP contribution is -2.37. The quantitative estimate of drug-likeness (QED) is 0.214. The van der Waals surface area contributed by atoms with Crippen LogP contribution < -0.4 is 10.6 Å². The zero-order chi connectivity index (χ0) is 27.7. The molecule has 2 aromatic heterocycles. The van der Waals surface area contributed by atoms with E-state index in [2.05, 4.69) is 71.0 Å². The van der Waals surface area contributed by atoms with Crippen molar-refractivity contribution in [2.24, 2.45) is 0 Å². The van der Waals surface area contributed by atoms with Gasteiger partial charge in [0.15, 0.2) is 0 Å². The van der Waals surface area contributed by atoms with E-state index in [1.165, 1.54) is 0 Å². The first-order valence-electron chi connectivity index (χ1n) is 13.6. The van der Waals surface area contributed by atoms with Gasteiger partial charge in [-0.2, -0.15) is 5.26 Å². The van der Waals surface area contributed by atoms with E-state index in [9.17, 15) is 5.26 Å². The highest BCUT2D eigenvalue weighted by atomic mass is 35.5. The number of fused-ring (bicyclic) bond motifs is 1. The maximum Gasteiger partial charge on any atom is 0.148 e. The number of halogens is 1. The Balaban J connectivity index is 1.45. The van der Waals surface area contributed by atoms with Crippen molar-refractivity contribution < 1.29 is 0 Å². The van der Waals surface area contributed by atoms with Crippen molar-refractivity contribution in [1.82, 2.24) is 20.0 Å². The Morgan fingerprint density at radius 1 is 1.12 bits per heavy atom. The molecule has 0 amide bonds. The van der Waals surface area contributed by atoms with Gasteiger partial charge >= 0.3 is 0 Å². The molecule has 5 aromatic rings. The summed E-state index contributed by atoms with van der Waals surface area (Å²) in [6.07, 6.45) is 6.72. The smallest absolute Gasteiger partial charge is 0.148 e. The molecule has 198 valence electrons. The lowest BCUT2D eigenvalue weighted by atomic mass is 9.69. The number of aromatic nitrogens is 4. The van der Waals surface area contributed by atoms with Crippen molar-refractivity contribution in [3.8, 4) is 6.07 Å². The summed E-state index contributed by atoms with van der Waals surface area (Å²) in [5, 5.41) is 27.7. The van der Waals surface area contributed by atoms with Gasteiger partial charge in [0.25, 0.3) is 0 Å². The molecule has 1 aliphatic carbocycles. The fourth-order valence-electron chi connectivity index (χ4n) is 5.22. The Morgan fingerprint density at radius 3 is 2.52 bits per heavy atom. The van der Waals surface area contributed by atoms with Crippen molar-refractivity contribution >= 4 is 41.7 Å². The predicted octanol–water partition coefficient (Wildman–Crippen LogP) is 6.20.